The van der Waals surface area contributed by atoms with Gasteiger partial charge in [0.05, 0.1) is 0 Å². The monoisotopic (exact) mass is 327 g/mol. The zero-order valence-corrected chi connectivity index (χ0v) is 14.9. The number of nitrogens with zero attached hydrogens (tertiary/aromatic N) is 1. The van der Waals surface area contributed by atoms with Crippen molar-refractivity contribution in [2.24, 2.45) is 23.7 Å². The maximum absolute atomic E-state index is 2.38. The number of hydrogen-bond acceptors (Lipinski definition) is 1. The Labute approximate surface area is 150 Å². The second kappa shape index (κ2) is 5.00. The van der Waals surface area contributed by atoms with E-state index in [9.17, 15) is 0 Å². The Bertz CT molecular complexity index is 811. The minimum atomic E-state index is 0.843. The van der Waals surface area contributed by atoms with Crippen LogP contribution in [0, 0.1) is 23.7 Å². The highest BCUT2D eigenvalue weighted by molar-refractivity contribution is 5.99. The topological polar surface area (TPSA) is 3.24 Å². The lowest BCUT2D eigenvalue weighted by atomic mass is 9.53. The summed E-state index contributed by atoms with van der Waals surface area (Å²) in [4.78, 5) is 2.38. The van der Waals surface area contributed by atoms with E-state index in [2.05, 4.69) is 60.5 Å². The lowest BCUT2D eigenvalue weighted by Crippen LogP contribution is -2.41. The van der Waals surface area contributed by atoms with Crippen LogP contribution >= 0.6 is 0 Å². The van der Waals surface area contributed by atoms with E-state index in [4.69, 9.17) is 0 Å². The Morgan fingerprint density at radius 3 is 1.68 bits per heavy atom. The third-order valence-electron chi connectivity index (χ3n) is 7.38. The number of fused-ring (bicyclic) bond motifs is 2. The molecule has 0 saturated heterocycles. The van der Waals surface area contributed by atoms with E-state index in [0.29, 0.717) is 0 Å². The molecule has 4 saturated carbocycles. The summed E-state index contributed by atoms with van der Waals surface area (Å²) in [5.41, 5.74) is 9.09. The molecular formula is C24H25N. The molecule has 0 unspecified atom stereocenters. The van der Waals surface area contributed by atoms with Crippen molar-refractivity contribution in [2.75, 3.05) is 11.9 Å². The van der Waals surface area contributed by atoms with Crippen LogP contribution in [0.4, 0.5) is 11.4 Å². The van der Waals surface area contributed by atoms with Crippen molar-refractivity contribution >= 4 is 16.9 Å². The summed E-state index contributed by atoms with van der Waals surface area (Å²) in [6.07, 6.45) is 7.32. The fourth-order valence-corrected chi connectivity index (χ4v) is 6.64. The fourth-order valence-electron chi connectivity index (χ4n) is 6.64. The van der Waals surface area contributed by atoms with Crippen molar-refractivity contribution < 1.29 is 0 Å². The van der Waals surface area contributed by atoms with Gasteiger partial charge in [0.25, 0.3) is 0 Å². The molecule has 1 nitrogen and oxygen atoms in total. The predicted octanol–water partition coefficient (Wildman–Crippen LogP) is 6.03. The summed E-state index contributed by atoms with van der Waals surface area (Å²) in [6, 6.07) is 18.1. The van der Waals surface area contributed by atoms with E-state index in [1.807, 2.05) is 5.57 Å². The molecule has 4 fully saturated rings. The molecular weight excluding hydrogens is 302 g/mol. The van der Waals surface area contributed by atoms with Crippen LogP contribution in [-0.4, -0.2) is 7.05 Å². The van der Waals surface area contributed by atoms with Gasteiger partial charge in [0.2, 0.25) is 0 Å². The highest BCUT2D eigenvalue weighted by Crippen LogP contribution is 2.60. The molecule has 1 heteroatoms. The summed E-state index contributed by atoms with van der Waals surface area (Å²) < 4.78 is 0. The summed E-state index contributed by atoms with van der Waals surface area (Å²) in [5, 5.41) is 0. The van der Waals surface area contributed by atoms with Crippen molar-refractivity contribution in [1.82, 2.24) is 0 Å². The summed E-state index contributed by atoms with van der Waals surface area (Å²) in [6.45, 7) is 0. The van der Waals surface area contributed by atoms with Crippen LogP contribution in [0.5, 0.6) is 0 Å². The summed E-state index contributed by atoms with van der Waals surface area (Å²) >= 11 is 0. The molecule has 25 heavy (non-hydrogen) atoms. The number of benzene rings is 2. The Balaban J connectivity index is 1.65. The average Bonchev–Trinajstić information content (AvgIpc) is 2.63. The lowest BCUT2D eigenvalue weighted by molar-refractivity contribution is 0.0705. The smallest absolute Gasteiger partial charge is 0.0488 e. The molecule has 0 radical (unpaired) electrons. The highest BCUT2D eigenvalue weighted by atomic mass is 15.1. The molecule has 0 atom stereocenters. The van der Waals surface area contributed by atoms with Gasteiger partial charge < -0.3 is 4.90 Å². The molecule has 0 amide bonds. The van der Waals surface area contributed by atoms with Gasteiger partial charge in [-0.1, -0.05) is 42.0 Å². The van der Waals surface area contributed by atoms with Crippen LogP contribution < -0.4 is 4.90 Å². The zero-order chi connectivity index (χ0) is 16.5. The van der Waals surface area contributed by atoms with Gasteiger partial charge in [-0.2, -0.15) is 0 Å². The fraction of sp³-hybridized carbons (Fsp3) is 0.417. The van der Waals surface area contributed by atoms with Gasteiger partial charge in [0.1, 0.15) is 0 Å². The highest BCUT2D eigenvalue weighted by Gasteiger charge is 2.47. The molecule has 2 aromatic carbocycles. The Morgan fingerprint density at radius 1 is 0.680 bits per heavy atom. The molecule has 1 heterocycles. The number of rotatable bonds is 0. The maximum Gasteiger partial charge on any atom is 0.0488 e. The standard InChI is InChI=1S/C24H25N/c1-25-21-8-4-2-6-19(21)24(20-7-3-5-9-22(20)25)23-17-11-15-10-16(13-17)14-18(23)12-15/h2-9,15-18H,10-14H2,1H3. The van der Waals surface area contributed by atoms with Crippen molar-refractivity contribution in [3.05, 3.63) is 65.2 Å². The van der Waals surface area contributed by atoms with Crippen molar-refractivity contribution in [2.45, 2.75) is 32.1 Å². The predicted molar refractivity (Wildman–Crippen MR) is 104 cm³/mol. The summed E-state index contributed by atoms with van der Waals surface area (Å²) in [7, 11) is 2.22. The van der Waals surface area contributed by atoms with Crippen molar-refractivity contribution in [3.63, 3.8) is 0 Å². The molecule has 0 aromatic heterocycles. The first kappa shape index (κ1) is 14.2. The number of hydrogen-bond donors (Lipinski definition) is 0. The van der Waals surface area contributed by atoms with E-state index in [1.165, 1.54) is 54.6 Å². The Kier molecular flexibility index (Phi) is 2.84. The van der Waals surface area contributed by atoms with Gasteiger partial charge in [-0.15, -0.1) is 0 Å². The lowest BCUT2D eigenvalue weighted by Gasteiger charge is -2.52. The summed E-state index contributed by atoms with van der Waals surface area (Å²) in [5.74, 6) is 3.72. The van der Waals surface area contributed by atoms with Crippen LogP contribution in [0.3, 0.4) is 0 Å². The Morgan fingerprint density at radius 2 is 1.16 bits per heavy atom. The van der Waals surface area contributed by atoms with E-state index in [-0.39, 0.29) is 0 Å². The normalized spacial score (nSPS) is 32.0. The van der Waals surface area contributed by atoms with Crippen molar-refractivity contribution in [1.29, 1.82) is 0 Å². The second-order valence-electron chi connectivity index (χ2n) is 8.73. The minimum absolute atomic E-state index is 0.843. The van der Waals surface area contributed by atoms with Crippen LogP contribution in [0.15, 0.2) is 54.1 Å². The van der Waals surface area contributed by atoms with Gasteiger partial charge in [-0.3, -0.25) is 0 Å². The molecule has 4 aliphatic carbocycles. The largest absolute Gasteiger partial charge is 0.344 e. The van der Waals surface area contributed by atoms with Crippen molar-refractivity contribution in [3.8, 4) is 0 Å². The van der Waals surface area contributed by atoms with E-state index >= 15 is 0 Å². The number of allylic oxidation sites excluding steroid dienone is 1. The number of para-hydroxylation sites is 2. The van der Waals surface area contributed by atoms with Crippen LogP contribution in [-0.2, 0) is 0 Å². The third kappa shape index (κ3) is 1.90. The van der Waals surface area contributed by atoms with Gasteiger partial charge in [0.15, 0.2) is 0 Å². The maximum atomic E-state index is 2.38. The quantitative estimate of drug-likeness (QED) is 0.571. The van der Waals surface area contributed by atoms with Gasteiger partial charge in [0, 0.05) is 29.5 Å². The molecule has 0 N–H and O–H groups in total. The molecule has 2 aromatic rings. The second-order valence-corrected chi connectivity index (χ2v) is 8.73. The first-order chi connectivity index (χ1) is 12.3. The molecule has 5 aliphatic rings. The molecule has 126 valence electrons. The third-order valence-corrected chi connectivity index (χ3v) is 7.38. The average molecular weight is 327 g/mol. The van der Waals surface area contributed by atoms with E-state index < -0.39 is 0 Å². The molecule has 4 bridgehead atoms. The first-order valence-electron chi connectivity index (χ1n) is 9.96. The Hall–Kier alpha value is -2.02. The van der Waals surface area contributed by atoms with Crippen LogP contribution in [0.2, 0.25) is 0 Å². The van der Waals surface area contributed by atoms with Crippen LogP contribution in [0.25, 0.3) is 5.57 Å². The van der Waals surface area contributed by atoms with E-state index in [1.54, 1.807) is 5.57 Å². The molecule has 1 aliphatic heterocycles. The zero-order valence-electron chi connectivity index (χ0n) is 14.9. The van der Waals surface area contributed by atoms with Crippen LogP contribution in [0.1, 0.15) is 43.2 Å². The van der Waals surface area contributed by atoms with Gasteiger partial charge in [-0.25, -0.2) is 0 Å². The molecule has 7 rings (SSSR count). The van der Waals surface area contributed by atoms with Gasteiger partial charge >= 0.3 is 0 Å². The first-order valence-corrected chi connectivity index (χ1v) is 9.96. The minimum Gasteiger partial charge on any atom is -0.344 e. The molecule has 0 spiro atoms. The number of anilines is 2. The van der Waals surface area contributed by atoms with Gasteiger partial charge in [-0.05, 0) is 73.5 Å². The van der Waals surface area contributed by atoms with E-state index in [0.717, 1.165) is 23.7 Å². The SMILES string of the molecule is CN1c2ccccc2C(=C2C3CC4CC(C3)CC2C4)c2ccccc21.